The molecule has 0 aliphatic heterocycles. The molecular formula is C16H14FN3O. The minimum absolute atomic E-state index is 0.0287. The summed E-state index contributed by atoms with van der Waals surface area (Å²) in [6, 6.07) is 15.2. The van der Waals surface area contributed by atoms with Crippen molar-refractivity contribution in [2.45, 2.75) is 13.1 Å². The van der Waals surface area contributed by atoms with Gasteiger partial charge in [0.1, 0.15) is 11.9 Å². The Hall–Kier alpha value is -2.87. The van der Waals surface area contributed by atoms with Crippen molar-refractivity contribution >= 4 is 6.03 Å². The van der Waals surface area contributed by atoms with E-state index in [-0.39, 0.29) is 18.1 Å². The minimum atomic E-state index is -0.560. The van der Waals surface area contributed by atoms with E-state index in [0.29, 0.717) is 12.1 Å². The van der Waals surface area contributed by atoms with Crippen molar-refractivity contribution in [1.82, 2.24) is 10.6 Å². The van der Waals surface area contributed by atoms with Gasteiger partial charge in [-0.15, -0.1) is 0 Å². The Labute approximate surface area is 122 Å². The molecule has 0 atom stereocenters. The summed E-state index contributed by atoms with van der Waals surface area (Å²) in [5.74, 6) is -0.560. The maximum Gasteiger partial charge on any atom is 0.315 e. The van der Waals surface area contributed by atoms with Gasteiger partial charge in [0.05, 0.1) is 5.56 Å². The summed E-state index contributed by atoms with van der Waals surface area (Å²) >= 11 is 0. The minimum Gasteiger partial charge on any atom is -0.334 e. The second-order valence-electron chi connectivity index (χ2n) is 4.45. The summed E-state index contributed by atoms with van der Waals surface area (Å²) in [6.07, 6.45) is 0. The smallest absolute Gasteiger partial charge is 0.315 e. The predicted molar refractivity (Wildman–Crippen MR) is 76.6 cm³/mol. The lowest BCUT2D eigenvalue weighted by atomic mass is 10.1. The van der Waals surface area contributed by atoms with Crippen LogP contribution in [0.2, 0.25) is 0 Å². The molecule has 0 bridgehead atoms. The maximum absolute atomic E-state index is 13.2. The summed E-state index contributed by atoms with van der Waals surface area (Å²) in [5, 5.41) is 14.1. The Morgan fingerprint density at radius 1 is 1.05 bits per heavy atom. The lowest BCUT2D eigenvalue weighted by Crippen LogP contribution is -2.34. The van der Waals surface area contributed by atoms with Gasteiger partial charge in [-0.1, -0.05) is 36.4 Å². The molecule has 0 aliphatic carbocycles. The molecule has 0 radical (unpaired) electrons. The third-order valence-electron chi connectivity index (χ3n) is 2.90. The molecule has 0 aliphatic rings. The molecule has 2 amide bonds. The fourth-order valence-corrected chi connectivity index (χ4v) is 1.79. The van der Waals surface area contributed by atoms with E-state index < -0.39 is 5.82 Å². The van der Waals surface area contributed by atoms with Crippen LogP contribution in [0.4, 0.5) is 9.18 Å². The fourth-order valence-electron chi connectivity index (χ4n) is 1.79. The molecular weight excluding hydrogens is 269 g/mol. The summed E-state index contributed by atoms with van der Waals surface area (Å²) in [7, 11) is 0. The van der Waals surface area contributed by atoms with Gasteiger partial charge in [-0.3, -0.25) is 0 Å². The van der Waals surface area contributed by atoms with Crippen LogP contribution in [-0.2, 0) is 13.1 Å². The van der Waals surface area contributed by atoms with Crippen LogP contribution >= 0.6 is 0 Å². The molecule has 0 unspecified atom stereocenters. The summed E-state index contributed by atoms with van der Waals surface area (Å²) in [4.78, 5) is 11.6. The highest BCUT2D eigenvalue weighted by Crippen LogP contribution is 2.09. The van der Waals surface area contributed by atoms with Crippen molar-refractivity contribution < 1.29 is 9.18 Å². The number of nitrogens with zero attached hydrogens (tertiary/aromatic N) is 1. The number of amides is 2. The molecule has 106 valence electrons. The van der Waals surface area contributed by atoms with E-state index in [1.54, 1.807) is 6.07 Å². The summed E-state index contributed by atoms with van der Waals surface area (Å²) in [5.41, 5.74) is 1.64. The van der Waals surface area contributed by atoms with E-state index in [9.17, 15) is 9.18 Å². The third-order valence-corrected chi connectivity index (χ3v) is 2.90. The van der Waals surface area contributed by atoms with Crippen molar-refractivity contribution in [3.63, 3.8) is 0 Å². The number of carbonyl (C=O) groups excluding carboxylic acids is 1. The Bertz CT molecular complexity index is 665. The Balaban J connectivity index is 1.83. The Kier molecular flexibility index (Phi) is 4.89. The van der Waals surface area contributed by atoms with Crippen LogP contribution in [0.25, 0.3) is 0 Å². The van der Waals surface area contributed by atoms with Gasteiger partial charge in [0.2, 0.25) is 0 Å². The van der Waals surface area contributed by atoms with Gasteiger partial charge in [-0.25, -0.2) is 9.18 Å². The van der Waals surface area contributed by atoms with E-state index in [4.69, 9.17) is 5.26 Å². The topological polar surface area (TPSA) is 64.9 Å². The second-order valence-corrected chi connectivity index (χ2v) is 4.45. The SMILES string of the molecule is N#Cc1cc(CNC(=O)NCc2ccccc2)ccc1F. The van der Waals surface area contributed by atoms with E-state index in [0.717, 1.165) is 5.56 Å². The number of carbonyl (C=O) groups is 1. The Morgan fingerprint density at radius 2 is 1.71 bits per heavy atom. The summed E-state index contributed by atoms with van der Waals surface area (Å²) < 4.78 is 13.2. The standard InChI is InChI=1S/C16H14FN3O/c17-15-7-6-13(8-14(15)9-18)11-20-16(21)19-10-12-4-2-1-3-5-12/h1-8H,10-11H2,(H2,19,20,21). The first-order valence-corrected chi connectivity index (χ1v) is 6.43. The van der Waals surface area contributed by atoms with Gasteiger partial charge in [-0.2, -0.15) is 5.26 Å². The van der Waals surface area contributed by atoms with E-state index in [2.05, 4.69) is 10.6 Å². The maximum atomic E-state index is 13.2. The molecule has 2 rings (SSSR count). The molecule has 0 spiro atoms. The van der Waals surface area contributed by atoms with Gasteiger partial charge in [0, 0.05) is 13.1 Å². The van der Waals surface area contributed by atoms with Gasteiger partial charge >= 0.3 is 6.03 Å². The number of nitriles is 1. The first kappa shape index (κ1) is 14.5. The van der Waals surface area contributed by atoms with E-state index in [1.807, 2.05) is 30.3 Å². The van der Waals surface area contributed by atoms with E-state index >= 15 is 0 Å². The number of halogens is 1. The monoisotopic (exact) mass is 283 g/mol. The van der Waals surface area contributed by atoms with Crippen LogP contribution in [-0.4, -0.2) is 6.03 Å². The Morgan fingerprint density at radius 3 is 2.38 bits per heavy atom. The number of rotatable bonds is 4. The van der Waals surface area contributed by atoms with Gasteiger partial charge in [0.25, 0.3) is 0 Å². The molecule has 2 aromatic carbocycles. The van der Waals surface area contributed by atoms with Crippen molar-refractivity contribution in [3.05, 3.63) is 71.0 Å². The number of benzene rings is 2. The van der Waals surface area contributed by atoms with Crippen LogP contribution in [0.3, 0.4) is 0 Å². The van der Waals surface area contributed by atoms with Gasteiger partial charge in [0.15, 0.2) is 0 Å². The number of hydrogen-bond acceptors (Lipinski definition) is 2. The van der Waals surface area contributed by atoms with Crippen molar-refractivity contribution in [2.75, 3.05) is 0 Å². The van der Waals surface area contributed by atoms with Crippen LogP contribution in [0.5, 0.6) is 0 Å². The van der Waals surface area contributed by atoms with Crippen LogP contribution in [0.15, 0.2) is 48.5 Å². The predicted octanol–water partition coefficient (Wildman–Crippen LogP) is 2.70. The lowest BCUT2D eigenvalue weighted by Gasteiger charge is -2.08. The van der Waals surface area contributed by atoms with Crippen LogP contribution in [0.1, 0.15) is 16.7 Å². The normalized spacial score (nSPS) is 9.71. The van der Waals surface area contributed by atoms with Crippen molar-refractivity contribution in [2.24, 2.45) is 0 Å². The molecule has 0 saturated carbocycles. The zero-order valence-electron chi connectivity index (χ0n) is 11.3. The number of nitrogens with one attached hydrogen (secondary N) is 2. The quantitative estimate of drug-likeness (QED) is 0.906. The zero-order chi connectivity index (χ0) is 15.1. The molecule has 2 aromatic rings. The number of urea groups is 1. The van der Waals surface area contributed by atoms with Gasteiger partial charge < -0.3 is 10.6 Å². The molecule has 0 fully saturated rings. The van der Waals surface area contributed by atoms with Gasteiger partial charge in [-0.05, 0) is 23.3 Å². The van der Waals surface area contributed by atoms with Crippen LogP contribution < -0.4 is 10.6 Å². The number of hydrogen-bond donors (Lipinski definition) is 2. The third kappa shape index (κ3) is 4.32. The molecule has 21 heavy (non-hydrogen) atoms. The highest BCUT2D eigenvalue weighted by atomic mass is 19.1. The molecule has 2 N–H and O–H groups in total. The molecule has 4 nitrogen and oxygen atoms in total. The average molecular weight is 283 g/mol. The molecule has 0 heterocycles. The van der Waals surface area contributed by atoms with Crippen molar-refractivity contribution in [1.29, 1.82) is 5.26 Å². The highest BCUT2D eigenvalue weighted by Gasteiger charge is 2.04. The van der Waals surface area contributed by atoms with Crippen LogP contribution in [0, 0.1) is 17.1 Å². The average Bonchev–Trinajstić information content (AvgIpc) is 2.53. The molecule has 0 aromatic heterocycles. The second kappa shape index (κ2) is 7.06. The zero-order valence-corrected chi connectivity index (χ0v) is 11.3. The largest absolute Gasteiger partial charge is 0.334 e. The first-order valence-electron chi connectivity index (χ1n) is 6.43. The fraction of sp³-hybridized carbons (Fsp3) is 0.125. The van der Waals surface area contributed by atoms with Crippen molar-refractivity contribution in [3.8, 4) is 6.07 Å². The highest BCUT2D eigenvalue weighted by molar-refractivity contribution is 5.73. The summed E-state index contributed by atoms with van der Waals surface area (Å²) in [6.45, 7) is 0.662. The lowest BCUT2D eigenvalue weighted by molar-refractivity contribution is 0.240. The molecule has 5 heteroatoms. The van der Waals surface area contributed by atoms with E-state index in [1.165, 1.54) is 18.2 Å². The first-order chi connectivity index (χ1) is 10.2. The molecule has 0 saturated heterocycles.